The predicted molar refractivity (Wildman–Crippen MR) is 55.8 cm³/mol. The second-order valence-corrected chi connectivity index (χ2v) is 3.18. The highest BCUT2D eigenvalue weighted by Crippen LogP contribution is 2.17. The average Bonchev–Trinajstić information content (AvgIpc) is 2.26. The Morgan fingerprint density at radius 1 is 1.57 bits per heavy atom. The molecule has 0 atom stereocenters. The van der Waals surface area contributed by atoms with E-state index in [4.69, 9.17) is 0 Å². The number of methoxy groups -OCH3 is 1. The number of benzene rings is 1. The first-order chi connectivity index (χ1) is 6.74. The van der Waals surface area contributed by atoms with Crippen LogP contribution >= 0.6 is 15.9 Å². The van der Waals surface area contributed by atoms with Crippen molar-refractivity contribution in [3.63, 3.8) is 0 Å². The molecule has 1 aromatic rings. The zero-order chi connectivity index (χ0) is 10.6. The van der Waals surface area contributed by atoms with Crippen molar-refractivity contribution in [2.75, 3.05) is 7.11 Å². The van der Waals surface area contributed by atoms with Crippen LogP contribution in [0.4, 0.5) is 0 Å². The molecule has 0 aliphatic carbocycles. The average molecular weight is 257 g/mol. The van der Waals surface area contributed by atoms with Crippen molar-refractivity contribution in [2.45, 2.75) is 5.33 Å². The number of carbonyl (C=O) groups is 2. The molecule has 0 bridgehead atoms. The summed E-state index contributed by atoms with van der Waals surface area (Å²) in [5, 5.41) is 0.451. The highest BCUT2D eigenvalue weighted by molar-refractivity contribution is 9.08. The van der Waals surface area contributed by atoms with Crippen LogP contribution in [-0.4, -0.2) is 19.4 Å². The number of alkyl halides is 1. The van der Waals surface area contributed by atoms with E-state index in [2.05, 4.69) is 20.7 Å². The van der Waals surface area contributed by atoms with E-state index >= 15 is 0 Å². The minimum atomic E-state index is -0.428. The van der Waals surface area contributed by atoms with Crippen LogP contribution in [0.2, 0.25) is 0 Å². The molecule has 74 valence electrons. The fourth-order valence-corrected chi connectivity index (χ4v) is 1.79. The largest absolute Gasteiger partial charge is 0.465 e. The van der Waals surface area contributed by atoms with Gasteiger partial charge in [-0.15, -0.1) is 0 Å². The highest BCUT2D eigenvalue weighted by atomic mass is 79.9. The number of hydrogen-bond donors (Lipinski definition) is 0. The van der Waals surface area contributed by atoms with Gasteiger partial charge in [0.2, 0.25) is 0 Å². The fourth-order valence-electron chi connectivity index (χ4n) is 1.17. The molecule has 0 unspecified atom stereocenters. The van der Waals surface area contributed by atoms with Crippen LogP contribution in [0.5, 0.6) is 0 Å². The van der Waals surface area contributed by atoms with E-state index in [-0.39, 0.29) is 0 Å². The molecule has 0 radical (unpaired) electrons. The van der Waals surface area contributed by atoms with E-state index in [0.29, 0.717) is 22.0 Å². The standard InChI is InChI=1S/C10H9BrO3/c1-14-10(13)8-4-2-3-7(6-12)9(8)5-11/h2-4,6H,5H2,1H3. The number of carbonyl (C=O) groups excluding carboxylic acids is 2. The van der Waals surface area contributed by atoms with E-state index < -0.39 is 5.97 Å². The van der Waals surface area contributed by atoms with Crippen LogP contribution in [0.1, 0.15) is 26.3 Å². The molecule has 0 saturated carbocycles. The summed E-state index contributed by atoms with van der Waals surface area (Å²) in [7, 11) is 1.31. The third-order valence-corrected chi connectivity index (χ3v) is 2.44. The van der Waals surface area contributed by atoms with Gasteiger partial charge in [-0.2, -0.15) is 0 Å². The lowest BCUT2D eigenvalue weighted by Gasteiger charge is -2.06. The number of halogens is 1. The van der Waals surface area contributed by atoms with Crippen LogP contribution in [0.15, 0.2) is 18.2 Å². The first kappa shape index (κ1) is 10.9. The molecule has 0 fully saturated rings. The zero-order valence-corrected chi connectivity index (χ0v) is 9.21. The molecule has 3 nitrogen and oxygen atoms in total. The Labute approximate surface area is 90.2 Å². The smallest absolute Gasteiger partial charge is 0.338 e. The van der Waals surface area contributed by atoms with Crippen LogP contribution in [-0.2, 0) is 10.1 Å². The van der Waals surface area contributed by atoms with E-state index in [0.717, 1.165) is 6.29 Å². The van der Waals surface area contributed by atoms with Crippen molar-refractivity contribution in [3.05, 3.63) is 34.9 Å². The molecule has 1 rings (SSSR count). The van der Waals surface area contributed by atoms with E-state index in [1.807, 2.05) is 0 Å². The number of esters is 1. The van der Waals surface area contributed by atoms with E-state index in [1.54, 1.807) is 18.2 Å². The van der Waals surface area contributed by atoms with Crippen molar-refractivity contribution in [1.29, 1.82) is 0 Å². The number of hydrogen-bond acceptors (Lipinski definition) is 3. The molecule has 0 saturated heterocycles. The van der Waals surface area contributed by atoms with Gasteiger partial charge in [0.05, 0.1) is 12.7 Å². The van der Waals surface area contributed by atoms with E-state index in [9.17, 15) is 9.59 Å². The second-order valence-electron chi connectivity index (χ2n) is 2.62. The van der Waals surface area contributed by atoms with Gasteiger partial charge < -0.3 is 4.74 Å². The van der Waals surface area contributed by atoms with Crippen LogP contribution in [0.25, 0.3) is 0 Å². The van der Waals surface area contributed by atoms with Gasteiger partial charge in [0.15, 0.2) is 0 Å². The maximum Gasteiger partial charge on any atom is 0.338 e. The quantitative estimate of drug-likeness (QED) is 0.473. The van der Waals surface area contributed by atoms with Gasteiger partial charge in [-0.1, -0.05) is 28.1 Å². The Morgan fingerprint density at radius 2 is 2.29 bits per heavy atom. The molecule has 1 aromatic carbocycles. The third kappa shape index (κ3) is 2.01. The Morgan fingerprint density at radius 3 is 2.79 bits per heavy atom. The van der Waals surface area contributed by atoms with Crippen LogP contribution in [0, 0.1) is 0 Å². The Balaban J connectivity index is 3.28. The molecule has 4 heteroatoms. The molecule has 0 N–H and O–H groups in total. The second kappa shape index (κ2) is 4.91. The summed E-state index contributed by atoms with van der Waals surface area (Å²) < 4.78 is 4.60. The monoisotopic (exact) mass is 256 g/mol. The normalized spacial score (nSPS) is 9.57. The Hall–Kier alpha value is -1.16. The Bertz CT molecular complexity index is 360. The van der Waals surface area contributed by atoms with Gasteiger partial charge >= 0.3 is 5.97 Å². The van der Waals surface area contributed by atoms with Crippen molar-refractivity contribution >= 4 is 28.2 Å². The molecule has 14 heavy (non-hydrogen) atoms. The summed E-state index contributed by atoms with van der Waals surface area (Å²) in [6.45, 7) is 0. The summed E-state index contributed by atoms with van der Waals surface area (Å²) in [5.41, 5.74) is 1.59. The first-order valence-electron chi connectivity index (χ1n) is 3.96. The minimum Gasteiger partial charge on any atom is -0.465 e. The van der Waals surface area contributed by atoms with Gasteiger partial charge in [0.1, 0.15) is 6.29 Å². The topological polar surface area (TPSA) is 43.4 Å². The maximum absolute atomic E-state index is 11.3. The third-order valence-electron chi connectivity index (χ3n) is 1.88. The van der Waals surface area contributed by atoms with Gasteiger partial charge in [-0.25, -0.2) is 4.79 Å². The van der Waals surface area contributed by atoms with Gasteiger partial charge in [-0.05, 0) is 11.6 Å². The SMILES string of the molecule is COC(=O)c1cccc(C=O)c1CBr. The maximum atomic E-state index is 11.3. The van der Waals surface area contributed by atoms with E-state index in [1.165, 1.54) is 7.11 Å². The fraction of sp³-hybridized carbons (Fsp3) is 0.200. The molecular formula is C10H9BrO3. The van der Waals surface area contributed by atoms with Crippen LogP contribution in [0.3, 0.4) is 0 Å². The van der Waals surface area contributed by atoms with Crippen LogP contribution < -0.4 is 0 Å². The van der Waals surface area contributed by atoms with Gasteiger partial charge in [0, 0.05) is 10.9 Å². The minimum absolute atomic E-state index is 0.425. The van der Waals surface area contributed by atoms with Crippen molar-refractivity contribution in [3.8, 4) is 0 Å². The van der Waals surface area contributed by atoms with Crippen molar-refractivity contribution in [2.24, 2.45) is 0 Å². The molecule has 0 aliphatic rings. The van der Waals surface area contributed by atoms with Crippen molar-refractivity contribution < 1.29 is 14.3 Å². The lowest BCUT2D eigenvalue weighted by molar-refractivity contribution is 0.0600. The summed E-state index contributed by atoms with van der Waals surface area (Å²) in [5.74, 6) is -0.428. The summed E-state index contributed by atoms with van der Waals surface area (Å²) in [6, 6.07) is 4.95. The molecule has 0 aliphatic heterocycles. The molecular weight excluding hydrogens is 248 g/mol. The van der Waals surface area contributed by atoms with Gasteiger partial charge in [-0.3, -0.25) is 4.79 Å². The summed E-state index contributed by atoms with van der Waals surface area (Å²) >= 11 is 3.23. The molecule has 0 amide bonds. The number of ether oxygens (including phenoxy) is 1. The number of aldehydes is 1. The van der Waals surface area contributed by atoms with Gasteiger partial charge in [0.25, 0.3) is 0 Å². The van der Waals surface area contributed by atoms with Crippen molar-refractivity contribution in [1.82, 2.24) is 0 Å². The summed E-state index contributed by atoms with van der Waals surface area (Å²) in [6.07, 6.45) is 0.725. The first-order valence-corrected chi connectivity index (χ1v) is 5.08. The lowest BCUT2D eigenvalue weighted by atomic mass is 10.0. The lowest BCUT2D eigenvalue weighted by Crippen LogP contribution is -2.06. The Kier molecular flexibility index (Phi) is 3.83. The summed E-state index contributed by atoms with van der Waals surface area (Å²) in [4.78, 5) is 22.0. The number of rotatable bonds is 3. The highest BCUT2D eigenvalue weighted by Gasteiger charge is 2.13. The molecule has 0 aromatic heterocycles. The molecule has 0 spiro atoms. The predicted octanol–water partition coefficient (Wildman–Crippen LogP) is 2.18. The zero-order valence-electron chi connectivity index (χ0n) is 7.62. The molecule has 0 heterocycles.